The molecule has 0 aliphatic heterocycles. The number of aromatic amines is 1. The fraction of sp³-hybridized carbons (Fsp3) is 0.259. The van der Waals surface area contributed by atoms with Crippen LogP contribution in [0.2, 0.25) is 0 Å². The molecule has 37 heavy (non-hydrogen) atoms. The van der Waals surface area contributed by atoms with Crippen molar-refractivity contribution < 1.29 is 19.4 Å². The smallest absolute Gasteiger partial charge is 0.338 e. The van der Waals surface area contributed by atoms with Crippen molar-refractivity contribution in [3.8, 4) is 23.0 Å². The number of aromatic nitrogens is 3. The number of carbonyl (C=O) groups excluding carboxylic acids is 1. The first kappa shape index (κ1) is 27.0. The van der Waals surface area contributed by atoms with E-state index < -0.39 is 17.6 Å². The number of nitriles is 1. The van der Waals surface area contributed by atoms with Crippen LogP contribution in [0.1, 0.15) is 42.7 Å². The Hall–Kier alpha value is -4.62. The molecule has 10 heteroatoms. The van der Waals surface area contributed by atoms with E-state index in [0.717, 1.165) is 42.8 Å². The summed E-state index contributed by atoms with van der Waals surface area (Å²) >= 11 is 0. The second kappa shape index (κ2) is 12.4. The lowest BCUT2D eigenvalue weighted by Crippen LogP contribution is -2.16. The van der Waals surface area contributed by atoms with Gasteiger partial charge in [-0.2, -0.15) is 5.26 Å². The molecule has 192 valence electrons. The fourth-order valence-electron chi connectivity index (χ4n) is 4.03. The number of imidazole rings is 1. The van der Waals surface area contributed by atoms with E-state index in [1.807, 2.05) is 30.5 Å². The number of hydrogen-bond acceptors (Lipinski definition) is 6. The maximum atomic E-state index is 12.9. The summed E-state index contributed by atoms with van der Waals surface area (Å²) in [5.41, 5.74) is 8.63. The van der Waals surface area contributed by atoms with Crippen molar-refractivity contribution in [3.63, 3.8) is 0 Å². The molecular weight excluding hydrogens is 474 g/mol. The Morgan fingerprint density at radius 3 is 2.43 bits per heavy atom. The number of unbranched alkanes of at least 4 members (excludes halogenated alkanes) is 1. The monoisotopic (exact) mass is 503 g/mol. The molecule has 4 N–H and O–H groups in total. The Kier molecular flexibility index (Phi) is 9.02. The van der Waals surface area contributed by atoms with Gasteiger partial charge in [0, 0.05) is 36.1 Å². The van der Waals surface area contributed by atoms with Gasteiger partial charge in [0.15, 0.2) is 0 Å². The molecule has 4 aromatic rings. The van der Waals surface area contributed by atoms with Crippen LogP contribution >= 0.6 is 0 Å². The summed E-state index contributed by atoms with van der Waals surface area (Å²) in [6.45, 7) is 4.52. The van der Waals surface area contributed by atoms with Gasteiger partial charge in [0.1, 0.15) is 11.8 Å². The first-order valence-electron chi connectivity index (χ1n) is 11.8. The lowest BCUT2D eigenvalue weighted by atomic mass is 10.1. The van der Waals surface area contributed by atoms with Crippen LogP contribution in [-0.4, -0.2) is 44.3 Å². The van der Waals surface area contributed by atoms with Gasteiger partial charge in [-0.15, -0.1) is 0 Å². The highest BCUT2D eigenvalue weighted by atomic mass is 16.5. The van der Waals surface area contributed by atoms with Crippen molar-refractivity contribution in [2.45, 2.75) is 33.2 Å². The Morgan fingerprint density at radius 2 is 1.81 bits per heavy atom. The van der Waals surface area contributed by atoms with Gasteiger partial charge >= 0.3 is 11.7 Å². The Morgan fingerprint density at radius 1 is 1.14 bits per heavy atom. The Balaban J connectivity index is 0.000000886. The summed E-state index contributed by atoms with van der Waals surface area (Å²) < 4.78 is 8.64. The molecule has 2 aromatic carbocycles. The highest BCUT2D eigenvalue weighted by Crippen LogP contribution is 2.33. The summed E-state index contributed by atoms with van der Waals surface area (Å²) in [5.74, 6) is -1.26. The molecule has 10 nitrogen and oxygen atoms in total. The molecule has 0 aliphatic carbocycles. The zero-order chi connectivity index (χ0) is 26.9. The van der Waals surface area contributed by atoms with Crippen molar-refractivity contribution >= 4 is 22.8 Å². The Bertz CT molecular complexity index is 1480. The molecule has 0 spiro atoms. The van der Waals surface area contributed by atoms with Crippen LogP contribution in [0.4, 0.5) is 0 Å². The number of aryl methyl sites for hydroxylation is 1. The lowest BCUT2D eigenvalue weighted by Gasteiger charge is -2.08. The van der Waals surface area contributed by atoms with Crippen molar-refractivity contribution in [2.75, 3.05) is 13.2 Å². The summed E-state index contributed by atoms with van der Waals surface area (Å²) in [6, 6.07) is 16.6. The molecule has 0 saturated carbocycles. The number of nitrogens with two attached hydrogens (primary N) is 1. The first-order valence-corrected chi connectivity index (χ1v) is 11.8. The van der Waals surface area contributed by atoms with Gasteiger partial charge in [0.2, 0.25) is 0 Å². The number of carboxylic acids is 1. The number of nitrogens with one attached hydrogen (secondary N) is 1. The molecule has 0 saturated heterocycles. The highest BCUT2D eigenvalue weighted by Gasteiger charge is 2.21. The number of carboxylic acid groups (broad SMARTS) is 1. The SMILES string of the molecule is CC(=O)O.CCOC(=O)c1ccc(-n2c(-c3cn(CCCCN)c4ccccc34)c(C#N)[nH]c2=O)cc1. The minimum atomic E-state index is -0.833. The maximum Gasteiger partial charge on any atom is 0.338 e. The molecular formula is C27H29N5O5. The zero-order valence-electron chi connectivity index (χ0n) is 20.7. The van der Waals surface area contributed by atoms with Gasteiger partial charge in [-0.25, -0.2) is 9.59 Å². The predicted octanol–water partition coefficient (Wildman–Crippen LogP) is 3.67. The van der Waals surface area contributed by atoms with Gasteiger partial charge in [-0.05, 0) is 56.6 Å². The van der Waals surface area contributed by atoms with E-state index in [1.54, 1.807) is 31.2 Å². The van der Waals surface area contributed by atoms with E-state index in [-0.39, 0.29) is 12.3 Å². The number of carbonyl (C=O) groups is 2. The molecule has 4 rings (SSSR count). The van der Waals surface area contributed by atoms with E-state index >= 15 is 0 Å². The quantitative estimate of drug-likeness (QED) is 0.245. The number of para-hydroxylation sites is 1. The average Bonchev–Trinajstić information content (AvgIpc) is 3.41. The lowest BCUT2D eigenvalue weighted by molar-refractivity contribution is -0.134. The number of esters is 1. The molecule has 0 fully saturated rings. The number of ether oxygens (including phenoxy) is 1. The number of benzene rings is 2. The minimum absolute atomic E-state index is 0.180. The summed E-state index contributed by atoms with van der Waals surface area (Å²) in [7, 11) is 0. The standard InChI is InChI=1S/C25H25N5O3.C2H4O2/c1-2-33-24(31)17-9-11-18(12-10-17)30-23(21(15-27)28-25(30)32)20-16-29(14-6-5-13-26)22-8-4-3-7-19(20)22;1-2(3)4/h3-4,7-12,16H,2,5-6,13-14,26H2,1H3,(H,28,32);1H3,(H,3,4). The van der Waals surface area contributed by atoms with E-state index in [4.69, 9.17) is 20.4 Å². The molecule has 2 heterocycles. The van der Waals surface area contributed by atoms with Crippen molar-refractivity contribution in [1.82, 2.24) is 14.1 Å². The third-order valence-corrected chi connectivity index (χ3v) is 5.54. The number of H-pyrrole nitrogens is 1. The highest BCUT2D eigenvalue weighted by molar-refractivity contribution is 5.96. The normalized spacial score (nSPS) is 10.4. The van der Waals surface area contributed by atoms with Gasteiger partial charge in [-0.3, -0.25) is 14.3 Å². The fourth-order valence-corrected chi connectivity index (χ4v) is 4.03. The first-order chi connectivity index (χ1) is 17.8. The number of aliphatic carboxylic acids is 1. The van der Waals surface area contributed by atoms with Gasteiger partial charge in [0.05, 0.1) is 23.6 Å². The maximum absolute atomic E-state index is 12.9. The van der Waals surface area contributed by atoms with Crippen molar-refractivity contribution in [3.05, 3.63) is 76.5 Å². The molecule has 0 bridgehead atoms. The molecule has 0 radical (unpaired) electrons. The molecule has 0 atom stereocenters. The van der Waals surface area contributed by atoms with Crippen LogP contribution in [0, 0.1) is 11.3 Å². The Labute approximate surface area is 213 Å². The van der Waals surface area contributed by atoms with Crippen LogP contribution in [-0.2, 0) is 16.1 Å². The van der Waals surface area contributed by atoms with Crippen molar-refractivity contribution in [2.24, 2.45) is 5.73 Å². The number of nitrogens with zero attached hydrogens (tertiary/aromatic N) is 3. The second-order valence-corrected chi connectivity index (χ2v) is 8.14. The van der Waals surface area contributed by atoms with Crippen LogP contribution < -0.4 is 11.4 Å². The number of fused-ring (bicyclic) bond motifs is 1. The van der Waals surface area contributed by atoms with Gasteiger partial charge in [0.25, 0.3) is 5.97 Å². The molecule has 0 amide bonds. The van der Waals surface area contributed by atoms with Gasteiger partial charge < -0.3 is 20.1 Å². The second-order valence-electron chi connectivity index (χ2n) is 8.14. The van der Waals surface area contributed by atoms with Crippen LogP contribution in [0.25, 0.3) is 27.8 Å². The largest absolute Gasteiger partial charge is 0.481 e. The number of rotatable bonds is 8. The third kappa shape index (κ3) is 6.15. The van der Waals surface area contributed by atoms with E-state index in [0.29, 0.717) is 23.5 Å². The predicted molar refractivity (Wildman–Crippen MR) is 140 cm³/mol. The molecule has 2 aromatic heterocycles. The van der Waals surface area contributed by atoms with E-state index in [9.17, 15) is 14.9 Å². The number of hydrogen-bond donors (Lipinski definition) is 3. The molecule has 0 unspecified atom stereocenters. The van der Waals surface area contributed by atoms with Crippen LogP contribution in [0.5, 0.6) is 0 Å². The van der Waals surface area contributed by atoms with Crippen LogP contribution in [0.15, 0.2) is 59.5 Å². The van der Waals surface area contributed by atoms with Crippen molar-refractivity contribution in [1.29, 1.82) is 5.26 Å². The molecule has 0 aliphatic rings. The van der Waals surface area contributed by atoms with E-state index in [1.165, 1.54) is 4.57 Å². The van der Waals surface area contributed by atoms with E-state index in [2.05, 4.69) is 15.6 Å². The average molecular weight is 504 g/mol. The topological polar surface area (TPSA) is 156 Å². The summed E-state index contributed by atoms with van der Waals surface area (Å²) in [5, 5.41) is 18.1. The van der Waals surface area contributed by atoms with Gasteiger partial charge in [-0.1, -0.05) is 18.2 Å². The zero-order valence-corrected chi connectivity index (χ0v) is 20.7. The third-order valence-electron chi connectivity index (χ3n) is 5.54. The summed E-state index contributed by atoms with van der Waals surface area (Å²) in [4.78, 5) is 36.6. The van der Waals surface area contributed by atoms with Crippen LogP contribution in [0.3, 0.4) is 0 Å². The minimum Gasteiger partial charge on any atom is -0.481 e. The summed E-state index contributed by atoms with van der Waals surface area (Å²) in [6.07, 6.45) is 3.82.